The molecular formula is C23H20FN3O2S. The number of hydrogen-bond acceptors (Lipinski definition) is 5. The molecule has 0 radical (unpaired) electrons. The number of para-hydroxylation sites is 2. The van der Waals surface area contributed by atoms with E-state index in [0.29, 0.717) is 5.82 Å². The molecule has 0 unspecified atom stereocenters. The molecular weight excluding hydrogens is 401 g/mol. The van der Waals surface area contributed by atoms with Crippen molar-refractivity contribution in [2.45, 2.75) is 17.5 Å². The number of methoxy groups -OCH3 is 1. The summed E-state index contributed by atoms with van der Waals surface area (Å²) in [6, 6.07) is 24.1. The summed E-state index contributed by atoms with van der Waals surface area (Å²) in [4.78, 5) is 0. The van der Waals surface area contributed by atoms with E-state index in [1.54, 1.807) is 37.1 Å². The lowest BCUT2D eigenvalue weighted by Gasteiger charge is -2.11. The van der Waals surface area contributed by atoms with E-state index in [1.165, 1.54) is 6.07 Å². The van der Waals surface area contributed by atoms with Crippen LogP contribution < -0.4 is 9.47 Å². The smallest absolute Gasteiger partial charge is 0.196 e. The molecule has 1 aromatic heterocycles. The first-order valence-electron chi connectivity index (χ1n) is 9.37. The highest BCUT2D eigenvalue weighted by atomic mass is 32.2. The van der Waals surface area contributed by atoms with Crippen LogP contribution in [-0.2, 0) is 12.4 Å². The van der Waals surface area contributed by atoms with Crippen molar-refractivity contribution in [3.8, 4) is 17.2 Å². The van der Waals surface area contributed by atoms with Crippen molar-refractivity contribution in [1.82, 2.24) is 14.8 Å². The Morgan fingerprint density at radius 2 is 1.63 bits per heavy atom. The number of benzene rings is 3. The SMILES string of the molecule is COc1ccc(CSc2nnc(COc3ccccc3F)n2-c2ccccc2)cc1. The lowest BCUT2D eigenvalue weighted by molar-refractivity contribution is 0.278. The Bertz CT molecular complexity index is 1100. The van der Waals surface area contributed by atoms with Crippen LogP contribution in [0.25, 0.3) is 5.69 Å². The van der Waals surface area contributed by atoms with Gasteiger partial charge >= 0.3 is 0 Å². The zero-order valence-corrected chi connectivity index (χ0v) is 17.2. The lowest BCUT2D eigenvalue weighted by atomic mass is 10.2. The molecule has 3 aromatic carbocycles. The molecule has 0 spiro atoms. The maximum Gasteiger partial charge on any atom is 0.196 e. The Morgan fingerprint density at radius 1 is 0.900 bits per heavy atom. The molecule has 4 rings (SSSR count). The third-order valence-corrected chi connectivity index (χ3v) is 5.44. The number of aromatic nitrogens is 3. The third-order valence-electron chi connectivity index (χ3n) is 4.44. The Kier molecular flexibility index (Phi) is 6.29. The van der Waals surface area contributed by atoms with Gasteiger partial charge in [0.25, 0.3) is 0 Å². The van der Waals surface area contributed by atoms with Crippen LogP contribution in [0, 0.1) is 5.82 Å². The van der Waals surface area contributed by atoms with E-state index in [4.69, 9.17) is 9.47 Å². The zero-order valence-electron chi connectivity index (χ0n) is 16.4. The van der Waals surface area contributed by atoms with E-state index in [1.807, 2.05) is 59.2 Å². The lowest BCUT2D eigenvalue weighted by Crippen LogP contribution is -2.07. The zero-order chi connectivity index (χ0) is 20.8. The Hall–Kier alpha value is -3.32. The topological polar surface area (TPSA) is 49.2 Å². The molecule has 5 nitrogen and oxygen atoms in total. The summed E-state index contributed by atoms with van der Waals surface area (Å²) >= 11 is 1.57. The second-order valence-corrected chi connectivity index (χ2v) is 7.37. The first-order valence-corrected chi connectivity index (χ1v) is 10.4. The van der Waals surface area contributed by atoms with Gasteiger partial charge in [-0.2, -0.15) is 0 Å². The van der Waals surface area contributed by atoms with Gasteiger partial charge in [0.1, 0.15) is 12.4 Å². The standard InChI is InChI=1S/C23H20FN3O2S/c1-28-19-13-11-17(12-14-19)16-30-23-26-25-22(27(23)18-7-3-2-4-8-18)15-29-21-10-6-5-9-20(21)24/h2-14H,15-16H2,1H3. The van der Waals surface area contributed by atoms with Crippen LogP contribution in [0.3, 0.4) is 0 Å². The van der Waals surface area contributed by atoms with Crippen LogP contribution in [0.4, 0.5) is 4.39 Å². The largest absolute Gasteiger partial charge is 0.497 e. The van der Waals surface area contributed by atoms with E-state index >= 15 is 0 Å². The summed E-state index contributed by atoms with van der Waals surface area (Å²) in [5.74, 6) is 1.93. The number of hydrogen-bond donors (Lipinski definition) is 0. The van der Waals surface area contributed by atoms with E-state index in [9.17, 15) is 4.39 Å². The van der Waals surface area contributed by atoms with E-state index in [0.717, 1.165) is 27.9 Å². The minimum atomic E-state index is -0.405. The van der Waals surface area contributed by atoms with Crippen LogP contribution in [-0.4, -0.2) is 21.9 Å². The molecule has 0 aliphatic heterocycles. The van der Waals surface area contributed by atoms with Crippen LogP contribution in [0.5, 0.6) is 11.5 Å². The van der Waals surface area contributed by atoms with Gasteiger partial charge in [0, 0.05) is 11.4 Å². The Balaban J connectivity index is 1.56. The van der Waals surface area contributed by atoms with E-state index < -0.39 is 5.82 Å². The van der Waals surface area contributed by atoms with Gasteiger partial charge in [-0.25, -0.2) is 4.39 Å². The minimum absolute atomic E-state index is 0.103. The molecule has 0 bridgehead atoms. The number of thioether (sulfide) groups is 1. The van der Waals surface area contributed by atoms with Gasteiger partial charge < -0.3 is 9.47 Å². The second kappa shape index (κ2) is 9.45. The van der Waals surface area contributed by atoms with Crippen LogP contribution in [0.2, 0.25) is 0 Å². The maximum absolute atomic E-state index is 13.9. The number of rotatable bonds is 8. The van der Waals surface area contributed by atoms with E-state index in [-0.39, 0.29) is 12.4 Å². The van der Waals surface area contributed by atoms with Crippen molar-refractivity contribution in [3.63, 3.8) is 0 Å². The van der Waals surface area contributed by atoms with Crippen molar-refractivity contribution in [2.24, 2.45) is 0 Å². The molecule has 0 N–H and O–H groups in total. The molecule has 0 saturated carbocycles. The Labute approximate surface area is 178 Å². The average Bonchev–Trinajstić information content (AvgIpc) is 3.21. The average molecular weight is 421 g/mol. The molecule has 0 fully saturated rings. The predicted molar refractivity (Wildman–Crippen MR) is 115 cm³/mol. The fourth-order valence-electron chi connectivity index (χ4n) is 2.90. The molecule has 7 heteroatoms. The summed E-state index contributed by atoms with van der Waals surface area (Å²) < 4.78 is 26.7. The minimum Gasteiger partial charge on any atom is -0.497 e. The monoisotopic (exact) mass is 421 g/mol. The first kappa shape index (κ1) is 20.0. The number of nitrogens with zero attached hydrogens (tertiary/aromatic N) is 3. The van der Waals surface area contributed by atoms with Gasteiger partial charge in [-0.1, -0.05) is 54.2 Å². The summed E-state index contributed by atoms with van der Waals surface area (Å²) in [6.07, 6.45) is 0. The number of halogens is 1. The van der Waals surface area contributed by atoms with Gasteiger partial charge in [0.05, 0.1) is 7.11 Å². The fraction of sp³-hybridized carbons (Fsp3) is 0.130. The van der Waals surface area contributed by atoms with Crippen molar-refractivity contribution in [2.75, 3.05) is 7.11 Å². The second-order valence-electron chi connectivity index (χ2n) is 6.43. The van der Waals surface area contributed by atoms with Gasteiger partial charge in [-0.15, -0.1) is 10.2 Å². The van der Waals surface area contributed by atoms with Crippen molar-refractivity contribution < 1.29 is 13.9 Å². The van der Waals surface area contributed by atoms with Crippen molar-refractivity contribution in [1.29, 1.82) is 0 Å². The summed E-state index contributed by atoms with van der Waals surface area (Å²) in [7, 11) is 1.65. The van der Waals surface area contributed by atoms with Crippen molar-refractivity contribution in [3.05, 3.63) is 96.1 Å². The first-order chi connectivity index (χ1) is 14.7. The summed E-state index contributed by atoms with van der Waals surface area (Å²) in [5, 5.41) is 9.40. The van der Waals surface area contributed by atoms with Gasteiger partial charge in [-0.3, -0.25) is 4.57 Å². The van der Waals surface area contributed by atoms with Gasteiger partial charge in [0.2, 0.25) is 0 Å². The molecule has 0 atom stereocenters. The van der Waals surface area contributed by atoms with Crippen LogP contribution in [0.15, 0.2) is 84.0 Å². The van der Waals surface area contributed by atoms with Gasteiger partial charge in [-0.05, 0) is 42.0 Å². The Morgan fingerprint density at radius 3 is 2.37 bits per heavy atom. The summed E-state index contributed by atoms with van der Waals surface area (Å²) in [5.41, 5.74) is 2.07. The van der Waals surface area contributed by atoms with E-state index in [2.05, 4.69) is 10.2 Å². The molecule has 0 aliphatic carbocycles. The highest BCUT2D eigenvalue weighted by Gasteiger charge is 2.16. The third kappa shape index (κ3) is 4.63. The predicted octanol–water partition coefficient (Wildman–Crippen LogP) is 5.29. The highest BCUT2D eigenvalue weighted by molar-refractivity contribution is 7.98. The van der Waals surface area contributed by atoms with Gasteiger partial charge in [0.15, 0.2) is 22.5 Å². The maximum atomic E-state index is 13.9. The van der Waals surface area contributed by atoms with Crippen LogP contribution in [0.1, 0.15) is 11.4 Å². The molecule has 30 heavy (non-hydrogen) atoms. The molecule has 4 aromatic rings. The quantitative estimate of drug-likeness (QED) is 0.362. The fourth-order valence-corrected chi connectivity index (χ4v) is 3.82. The molecule has 0 aliphatic rings. The molecule has 0 saturated heterocycles. The molecule has 0 amide bonds. The normalized spacial score (nSPS) is 10.7. The number of ether oxygens (including phenoxy) is 2. The van der Waals surface area contributed by atoms with Crippen LogP contribution >= 0.6 is 11.8 Å². The summed E-state index contributed by atoms with van der Waals surface area (Å²) in [6.45, 7) is 0.103. The molecule has 152 valence electrons. The molecule has 1 heterocycles. The van der Waals surface area contributed by atoms with Crippen molar-refractivity contribution >= 4 is 11.8 Å². The highest BCUT2D eigenvalue weighted by Crippen LogP contribution is 2.27.